The van der Waals surface area contributed by atoms with E-state index < -0.39 is 0 Å². The quantitative estimate of drug-likeness (QED) is 0.727. The van der Waals surface area contributed by atoms with E-state index in [1.807, 2.05) is 17.0 Å². The minimum Gasteiger partial charge on any atom is -0.496 e. The predicted molar refractivity (Wildman–Crippen MR) is 114 cm³/mol. The van der Waals surface area contributed by atoms with Gasteiger partial charge in [-0.15, -0.1) is 0 Å². The summed E-state index contributed by atoms with van der Waals surface area (Å²) < 4.78 is 5.48. The second-order valence-electron chi connectivity index (χ2n) is 8.87. The normalized spacial score (nSPS) is 20.7. The van der Waals surface area contributed by atoms with E-state index in [9.17, 15) is 9.59 Å². The third kappa shape index (κ3) is 5.95. The Balaban J connectivity index is 1.53. The molecule has 1 atom stereocenters. The molecule has 3 rings (SSSR count). The Morgan fingerprint density at radius 2 is 2.00 bits per heavy atom. The summed E-state index contributed by atoms with van der Waals surface area (Å²) in [6.45, 7) is 9.34. The van der Waals surface area contributed by atoms with Crippen molar-refractivity contribution in [2.24, 2.45) is 17.8 Å². The third-order valence-corrected chi connectivity index (χ3v) is 6.00. The second kappa shape index (κ2) is 10.1. The van der Waals surface area contributed by atoms with Crippen molar-refractivity contribution >= 4 is 11.8 Å². The maximum absolute atomic E-state index is 13.0. The Morgan fingerprint density at radius 1 is 1.28 bits per heavy atom. The number of amides is 2. The average molecular weight is 402 g/mol. The zero-order valence-electron chi connectivity index (χ0n) is 18.0. The van der Waals surface area contributed by atoms with E-state index in [-0.39, 0.29) is 17.7 Å². The molecule has 2 amide bonds. The molecule has 6 heteroatoms. The van der Waals surface area contributed by atoms with Crippen molar-refractivity contribution in [3.05, 3.63) is 29.8 Å². The van der Waals surface area contributed by atoms with Gasteiger partial charge in [0.1, 0.15) is 5.75 Å². The fourth-order valence-electron chi connectivity index (χ4n) is 4.45. The number of ether oxygens (including phenoxy) is 1. The molecule has 1 N–H and O–H groups in total. The van der Waals surface area contributed by atoms with Gasteiger partial charge in [0.25, 0.3) is 0 Å². The van der Waals surface area contributed by atoms with Crippen molar-refractivity contribution in [3.63, 3.8) is 0 Å². The zero-order valence-corrected chi connectivity index (χ0v) is 18.0. The number of carbonyl (C=O) groups excluding carboxylic acids is 2. The van der Waals surface area contributed by atoms with E-state index in [0.717, 1.165) is 51.3 Å². The van der Waals surface area contributed by atoms with Gasteiger partial charge < -0.3 is 15.0 Å². The summed E-state index contributed by atoms with van der Waals surface area (Å²) in [4.78, 5) is 29.0. The number of hydrogen-bond acceptors (Lipinski definition) is 4. The number of carbonyl (C=O) groups is 2. The Morgan fingerprint density at radius 3 is 2.62 bits per heavy atom. The lowest BCUT2D eigenvalue weighted by Gasteiger charge is -2.36. The van der Waals surface area contributed by atoms with Gasteiger partial charge in [-0.3, -0.25) is 14.5 Å². The molecule has 0 saturated carbocycles. The van der Waals surface area contributed by atoms with Gasteiger partial charge >= 0.3 is 0 Å². The molecule has 1 aromatic rings. The van der Waals surface area contributed by atoms with E-state index in [1.165, 1.54) is 5.56 Å². The predicted octanol–water partition coefficient (Wildman–Crippen LogP) is 2.53. The topological polar surface area (TPSA) is 61.9 Å². The highest BCUT2D eigenvalue weighted by molar-refractivity contribution is 5.89. The van der Waals surface area contributed by atoms with Crippen LogP contribution in [0.4, 0.5) is 0 Å². The Kier molecular flexibility index (Phi) is 7.53. The van der Waals surface area contributed by atoms with Gasteiger partial charge in [-0.05, 0) is 43.8 Å². The van der Waals surface area contributed by atoms with Crippen LogP contribution in [-0.2, 0) is 16.1 Å². The van der Waals surface area contributed by atoms with Gasteiger partial charge in [-0.1, -0.05) is 32.0 Å². The summed E-state index contributed by atoms with van der Waals surface area (Å²) in [6.07, 6.45) is 2.53. The molecule has 6 nitrogen and oxygen atoms in total. The average Bonchev–Trinajstić information content (AvgIpc) is 3.15. The Bertz CT molecular complexity index is 698. The number of rotatable bonds is 8. The molecule has 160 valence electrons. The van der Waals surface area contributed by atoms with Gasteiger partial charge in [-0.2, -0.15) is 0 Å². The minimum atomic E-state index is -0.188. The molecular formula is C23H35N3O3. The third-order valence-electron chi connectivity index (χ3n) is 6.00. The van der Waals surface area contributed by atoms with Crippen LogP contribution in [0.2, 0.25) is 0 Å². The molecular weight excluding hydrogens is 366 g/mol. The molecule has 2 heterocycles. The number of benzene rings is 1. The van der Waals surface area contributed by atoms with E-state index in [4.69, 9.17) is 4.74 Å². The lowest BCUT2D eigenvalue weighted by molar-refractivity contribution is -0.137. The number of nitrogens with zero attached hydrogens (tertiary/aromatic N) is 2. The summed E-state index contributed by atoms with van der Waals surface area (Å²) >= 11 is 0. The van der Waals surface area contributed by atoms with E-state index in [1.54, 1.807) is 7.11 Å². The standard InChI is InChI=1S/C23H35N3O3/c1-17(2)14-26(23(28)20-12-22(27)24-13-20)15-18-8-10-25(11-9-18)16-19-6-4-5-7-21(19)29-3/h4-7,17-18,20H,8-16H2,1-3H3,(H,24,27)/t20-/m1/s1. The van der Waals surface area contributed by atoms with Crippen LogP contribution in [0.3, 0.4) is 0 Å². The molecule has 1 aromatic carbocycles. The van der Waals surface area contributed by atoms with Gasteiger partial charge in [-0.25, -0.2) is 0 Å². The SMILES string of the molecule is COc1ccccc1CN1CCC(CN(CC(C)C)C(=O)[C@H]2CNC(=O)C2)CC1. The second-order valence-corrected chi connectivity index (χ2v) is 8.87. The summed E-state index contributed by atoms with van der Waals surface area (Å²) in [5.74, 6) is 1.85. The van der Waals surface area contributed by atoms with Crippen LogP contribution in [0.5, 0.6) is 5.75 Å². The number of nitrogens with one attached hydrogen (secondary N) is 1. The van der Waals surface area contributed by atoms with Gasteiger partial charge in [0.2, 0.25) is 11.8 Å². The van der Waals surface area contributed by atoms with Crippen molar-refractivity contribution in [3.8, 4) is 5.75 Å². The van der Waals surface area contributed by atoms with Gasteiger partial charge in [0.15, 0.2) is 0 Å². The van der Waals surface area contributed by atoms with Crippen LogP contribution in [0.25, 0.3) is 0 Å². The highest BCUT2D eigenvalue weighted by Crippen LogP contribution is 2.25. The van der Waals surface area contributed by atoms with Crippen molar-refractivity contribution in [1.29, 1.82) is 0 Å². The van der Waals surface area contributed by atoms with E-state index in [0.29, 0.717) is 24.8 Å². The lowest BCUT2D eigenvalue weighted by atomic mass is 9.94. The van der Waals surface area contributed by atoms with Crippen molar-refractivity contribution < 1.29 is 14.3 Å². The highest BCUT2D eigenvalue weighted by Gasteiger charge is 2.33. The minimum absolute atomic E-state index is 0.00232. The summed E-state index contributed by atoms with van der Waals surface area (Å²) in [7, 11) is 1.72. The van der Waals surface area contributed by atoms with Crippen molar-refractivity contribution in [1.82, 2.24) is 15.1 Å². The summed E-state index contributed by atoms with van der Waals surface area (Å²) in [5, 5.41) is 2.80. The fourth-order valence-corrected chi connectivity index (χ4v) is 4.45. The maximum Gasteiger partial charge on any atom is 0.228 e. The number of hydrogen-bond donors (Lipinski definition) is 1. The molecule has 0 spiro atoms. The molecule has 2 saturated heterocycles. The number of methoxy groups -OCH3 is 1. The summed E-state index contributed by atoms with van der Waals surface area (Å²) in [6, 6.07) is 8.20. The molecule has 0 radical (unpaired) electrons. The number of para-hydroxylation sites is 1. The largest absolute Gasteiger partial charge is 0.496 e. The molecule has 0 aromatic heterocycles. The molecule has 0 aliphatic carbocycles. The van der Waals surface area contributed by atoms with E-state index >= 15 is 0 Å². The molecule has 0 bridgehead atoms. The first-order valence-corrected chi connectivity index (χ1v) is 10.9. The smallest absolute Gasteiger partial charge is 0.228 e. The molecule has 2 aliphatic rings. The van der Waals surface area contributed by atoms with Crippen LogP contribution in [0.1, 0.15) is 38.7 Å². The molecule has 29 heavy (non-hydrogen) atoms. The first-order valence-electron chi connectivity index (χ1n) is 10.9. The molecule has 0 unspecified atom stereocenters. The molecule has 2 aliphatic heterocycles. The first kappa shape index (κ1) is 21.6. The zero-order chi connectivity index (χ0) is 20.8. The van der Waals surface area contributed by atoms with Crippen LogP contribution in [-0.4, -0.2) is 61.4 Å². The summed E-state index contributed by atoms with van der Waals surface area (Å²) in [5.41, 5.74) is 1.23. The maximum atomic E-state index is 13.0. The van der Waals surface area contributed by atoms with E-state index in [2.05, 4.69) is 36.2 Å². The Hall–Kier alpha value is -2.08. The molecule has 2 fully saturated rings. The highest BCUT2D eigenvalue weighted by atomic mass is 16.5. The fraction of sp³-hybridized carbons (Fsp3) is 0.652. The van der Waals surface area contributed by atoms with Crippen LogP contribution in [0, 0.1) is 17.8 Å². The number of piperidine rings is 1. The van der Waals surface area contributed by atoms with Crippen molar-refractivity contribution in [2.75, 3.05) is 39.8 Å². The van der Waals surface area contributed by atoms with Gasteiger partial charge in [0.05, 0.1) is 13.0 Å². The van der Waals surface area contributed by atoms with Crippen LogP contribution in [0.15, 0.2) is 24.3 Å². The first-order chi connectivity index (χ1) is 14.0. The van der Waals surface area contributed by atoms with Crippen LogP contribution < -0.4 is 10.1 Å². The monoisotopic (exact) mass is 401 g/mol. The van der Waals surface area contributed by atoms with Crippen molar-refractivity contribution in [2.45, 2.75) is 39.7 Å². The number of likely N-dealkylation sites (tertiary alicyclic amines) is 1. The lowest BCUT2D eigenvalue weighted by Crippen LogP contribution is -2.44. The van der Waals surface area contributed by atoms with Crippen LogP contribution >= 0.6 is 0 Å². The Labute approximate surface area is 174 Å². The van der Waals surface area contributed by atoms with Gasteiger partial charge in [0, 0.05) is 38.2 Å².